The van der Waals surface area contributed by atoms with Gasteiger partial charge in [0.15, 0.2) is 8.32 Å². The summed E-state index contributed by atoms with van der Waals surface area (Å²) in [5, 5.41) is 1.14. The largest absolute Gasteiger partial charge is 0.417 e. The minimum absolute atomic E-state index is 0.179. The molecule has 0 aliphatic carbocycles. The van der Waals surface area contributed by atoms with Gasteiger partial charge in [-0.05, 0) is 48.7 Å². The highest BCUT2D eigenvalue weighted by Gasteiger charge is 2.42. The van der Waals surface area contributed by atoms with Crippen LogP contribution in [0.3, 0.4) is 0 Å². The Bertz CT molecular complexity index is 858. The summed E-state index contributed by atoms with van der Waals surface area (Å²) in [6, 6.07) is 3.31. The highest BCUT2D eigenvalue weighted by molar-refractivity contribution is 9.10. The van der Waals surface area contributed by atoms with Gasteiger partial charge in [0.2, 0.25) is 0 Å². The summed E-state index contributed by atoms with van der Waals surface area (Å²) < 4.78 is 28.3. The number of H-pyrrole nitrogens is 1. The fraction of sp³-hybridized carbons (Fsp3) is 0.636. The zero-order chi connectivity index (χ0) is 20.7. The summed E-state index contributed by atoms with van der Waals surface area (Å²) in [7, 11) is -1.82. The van der Waals surface area contributed by atoms with Crippen molar-refractivity contribution in [1.82, 2.24) is 4.98 Å². The van der Waals surface area contributed by atoms with Crippen molar-refractivity contribution in [3.8, 4) is 0 Å². The van der Waals surface area contributed by atoms with E-state index in [2.05, 4.69) is 61.7 Å². The van der Waals surface area contributed by atoms with E-state index in [1.54, 1.807) is 6.07 Å². The number of halogens is 2. The monoisotopic (exact) mass is 469 g/mol. The fourth-order valence-electron chi connectivity index (χ4n) is 3.96. The van der Waals surface area contributed by atoms with Crippen LogP contribution < -0.4 is 0 Å². The van der Waals surface area contributed by atoms with Crippen LogP contribution in [-0.2, 0) is 21.2 Å². The normalized spacial score (nSPS) is 20.6. The van der Waals surface area contributed by atoms with Gasteiger partial charge in [0.25, 0.3) is 0 Å². The topological polar surface area (TPSA) is 34.2 Å². The van der Waals surface area contributed by atoms with Crippen molar-refractivity contribution in [3.05, 3.63) is 33.7 Å². The number of fused-ring (bicyclic) bond motifs is 3. The first-order chi connectivity index (χ1) is 13.0. The molecule has 0 amide bonds. The Morgan fingerprint density at radius 2 is 2.00 bits per heavy atom. The summed E-state index contributed by atoms with van der Waals surface area (Å²) in [4.78, 5) is 3.40. The molecule has 0 bridgehead atoms. The van der Waals surface area contributed by atoms with Crippen LogP contribution in [0.25, 0.3) is 10.9 Å². The maximum Gasteiger partial charge on any atom is 0.191 e. The number of rotatable bonds is 6. The van der Waals surface area contributed by atoms with E-state index in [1.807, 2.05) is 0 Å². The highest BCUT2D eigenvalue weighted by atomic mass is 79.9. The molecule has 3 nitrogen and oxygen atoms in total. The van der Waals surface area contributed by atoms with E-state index in [1.165, 1.54) is 11.6 Å². The van der Waals surface area contributed by atoms with E-state index in [9.17, 15) is 4.39 Å². The van der Waals surface area contributed by atoms with Crippen molar-refractivity contribution in [3.63, 3.8) is 0 Å². The van der Waals surface area contributed by atoms with Crippen molar-refractivity contribution in [2.75, 3.05) is 13.2 Å². The van der Waals surface area contributed by atoms with Crippen molar-refractivity contribution in [2.45, 2.75) is 77.1 Å². The molecule has 0 fully saturated rings. The van der Waals surface area contributed by atoms with Gasteiger partial charge in [-0.1, -0.05) is 50.0 Å². The maximum absolute atomic E-state index is 14.5. The van der Waals surface area contributed by atoms with Crippen LogP contribution >= 0.6 is 15.9 Å². The lowest BCUT2D eigenvalue weighted by atomic mass is 9.85. The molecule has 2 heterocycles. The minimum Gasteiger partial charge on any atom is -0.417 e. The number of hydrogen-bond donors (Lipinski definition) is 1. The van der Waals surface area contributed by atoms with Gasteiger partial charge < -0.3 is 14.1 Å². The van der Waals surface area contributed by atoms with E-state index in [4.69, 9.17) is 9.16 Å². The molecule has 1 unspecified atom stereocenters. The molecule has 0 saturated heterocycles. The lowest BCUT2D eigenvalue weighted by Gasteiger charge is -2.40. The van der Waals surface area contributed by atoms with Gasteiger partial charge in [-0.2, -0.15) is 0 Å². The summed E-state index contributed by atoms with van der Waals surface area (Å²) in [6.07, 6.45) is 3.48. The Kier molecular flexibility index (Phi) is 6.17. The molecule has 1 atom stereocenters. The average molecular weight is 470 g/mol. The molecule has 1 aliphatic heterocycles. The minimum atomic E-state index is -1.82. The molecular weight excluding hydrogens is 437 g/mol. The Balaban J connectivity index is 1.97. The molecule has 6 heteroatoms. The molecule has 0 radical (unpaired) electrons. The molecule has 1 N–H and O–H groups in total. The van der Waals surface area contributed by atoms with Crippen LogP contribution in [0, 0.1) is 5.82 Å². The molecule has 1 aliphatic rings. The molecule has 3 rings (SSSR count). The summed E-state index contributed by atoms with van der Waals surface area (Å²) in [6.45, 7) is 14.8. The molecule has 0 spiro atoms. The molecule has 28 heavy (non-hydrogen) atoms. The molecular formula is C22H33BrFNO2Si. The predicted octanol–water partition coefficient (Wildman–Crippen LogP) is 7.05. The number of nitrogens with one attached hydrogen (secondary N) is 1. The molecule has 0 saturated carbocycles. The van der Waals surface area contributed by atoms with E-state index in [0.717, 1.165) is 41.2 Å². The second-order valence-corrected chi connectivity index (χ2v) is 15.1. The quantitative estimate of drug-likeness (QED) is 0.459. The van der Waals surface area contributed by atoms with Gasteiger partial charge in [0.05, 0.1) is 17.8 Å². The zero-order valence-electron chi connectivity index (χ0n) is 18.0. The number of benzene rings is 1. The van der Waals surface area contributed by atoms with Crippen LogP contribution in [0.15, 0.2) is 16.6 Å². The second kappa shape index (κ2) is 7.86. The highest BCUT2D eigenvalue weighted by Crippen LogP contribution is 2.45. The number of ether oxygens (including phenoxy) is 1. The third-order valence-electron chi connectivity index (χ3n) is 6.57. The predicted molar refractivity (Wildman–Crippen MR) is 120 cm³/mol. The van der Waals surface area contributed by atoms with E-state index < -0.39 is 13.9 Å². The second-order valence-electron chi connectivity index (χ2n) is 9.46. The summed E-state index contributed by atoms with van der Waals surface area (Å²) in [5.41, 5.74) is 2.37. The van der Waals surface area contributed by atoms with E-state index in [-0.39, 0.29) is 10.9 Å². The van der Waals surface area contributed by atoms with Gasteiger partial charge in [-0.15, -0.1) is 0 Å². The third kappa shape index (κ3) is 3.85. The van der Waals surface area contributed by atoms with Crippen molar-refractivity contribution < 1.29 is 13.6 Å². The maximum atomic E-state index is 14.5. The summed E-state index contributed by atoms with van der Waals surface area (Å²) >= 11 is 3.62. The van der Waals surface area contributed by atoms with Gasteiger partial charge in [0.1, 0.15) is 11.4 Å². The standard InChI is InChI=1S/C22H33BrFNO2Si/c1-7-11-22(12-14-27-28(5,6)21(2,3)4)20-15(10-13-26-22)18-16(23)8-9-17(24)19(18)25-20/h8-9,25H,7,10-14H2,1-6H3. The molecule has 2 aromatic rings. The first kappa shape index (κ1) is 22.0. The van der Waals surface area contributed by atoms with Crippen LogP contribution in [-0.4, -0.2) is 26.5 Å². The number of aromatic nitrogens is 1. The SMILES string of the molecule is CCCC1(CCO[Si](C)(C)C(C)(C)C)OCCc2c1[nH]c1c(F)ccc(Br)c21. The lowest BCUT2D eigenvalue weighted by molar-refractivity contribution is -0.0822. The first-order valence-corrected chi connectivity index (χ1v) is 14.0. The Morgan fingerprint density at radius 3 is 2.64 bits per heavy atom. The zero-order valence-corrected chi connectivity index (χ0v) is 20.6. The van der Waals surface area contributed by atoms with Crippen LogP contribution in [0.1, 0.15) is 58.2 Å². The lowest BCUT2D eigenvalue weighted by Crippen LogP contribution is -2.43. The molecule has 156 valence electrons. The van der Waals surface area contributed by atoms with Crippen molar-refractivity contribution in [2.24, 2.45) is 0 Å². The number of hydrogen-bond acceptors (Lipinski definition) is 2. The summed E-state index contributed by atoms with van der Waals surface area (Å²) in [5.74, 6) is -0.212. The Morgan fingerprint density at radius 1 is 1.29 bits per heavy atom. The Labute approximate surface area is 177 Å². The van der Waals surface area contributed by atoms with Gasteiger partial charge in [-0.3, -0.25) is 0 Å². The average Bonchev–Trinajstić information content (AvgIpc) is 3.00. The van der Waals surface area contributed by atoms with Crippen molar-refractivity contribution in [1.29, 1.82) is 0 Å². The van der Waals surface area contributed by atoms with Crippen LogP contribution in [0.4, 0.5) is 4.39 Å². The molecule has 1 aromatic carbocycles. The smallest absolute Gasteiger partial charge is 0.191 e. The van der Waals surface area contributed by atoms with Crippen LogP contribution in [0.2, 0.25) is 18.1 Å². The molecule has 1 aromatic heterocycles. The van der Waals surface area contributed by atoms with Crippen molar-refractivity contribution >= 4 is 35.2 Å². The van der Waals surface area contributed by atoms with E-state index >= 15 is 0 Å². The van der Waals surface area contributed by atoms with Gasteiger partial charge in [-0.25, -0.2) is 4.39 Å². The third-order valence-corrected chi connectivity index (χ3v) is 11.8. The van der Waals surface area contributed by atoms with Crippen LogP contribution in [0.5, 0.6) is 0 Å². The fourth-order valence-corrected chi connectivity index (χ4v) is 5.58. The first-order valence-electron chi connectivity index (χ1n) is 10.3. The van der Waals surface area contributed by atoms with Gasteiger partial charge in [0, 0.05) is 22.9 Å². The Hall–Kier alpha value is -0.693. The number of aromatic amines is 1. The van der Waals surface area contributed by atoms with Gasteiger partial charge >= 0.3 is 0 Å². The van der Waals surface area contributed by atoms with E-state index in [0.29, 0.717) is 18.7 Å².